The smallest absolute Gasteiger partial charge is 0.306 e. The fraction of sp³-hybridized carbons (Fsp3) is 0.833. The van der Waals surface area contributed by atoms with Crippen LogP contribution in [0.1, 0.15) is 19.8 Å². The summed E-state index contributed by atoms with van der Waals surface area (Å²) >= 11 is 0. The van der Waals surface area contributed by atoms with Crippen molar-refractivity contribution in [3.8, 4) is 0 Å². The molecule has 1 aliphatic rings. The van der Waals surface area contributed by atoms with Crippen LogP contribution in [0, 0.1) is 0 Å². The molecule has 0 amide bonds. The number of carboxylic acid groups (broad SMARTS) is 1. The molecule has 0 aliphatic carbocycles. The van der Waals surface area contributed by atoms with E-state index in [-0.39, 0.29) is 12.0 Å². The zero-order valence-corrected chi connectivity index (χ0v) is 5.39. The van der Waals surface area contributed by atoms with Gasteiger partial charge in [-0.25, -0.2) is 0 Å². The Balaban J connectivity index is 2.33. The summed E-state index contributed by atoms with van der Waals surface area (Å²) in [6.07, 6.45) is 1.01. The molecule has 9 heavy (non-hydrogen) atoms. The Morgan fingerprint density at radius 1 is 1.89 bits per heavy atom. The lowest BCUT2D eigenvalue weighted by atomic mass is 9.94. The lowest BCUT2D eigenvalue weighted by molar-refractivity contribution is -0.164. The Labute approximate surface area is 53.6 Å². The van der Waals surface area contributed by atoms with Gasteiger partial charge >= 0.3 is 5.97 Å². The van der Waals surface area contributed by atoms with Gasteiger partial charge in [0.25, 0.3) is 0 Å². The molecule has 1 N–H and O–H groups in total. The maximum atomic E-state index is 10.1. The summed E-state index contributed by atoms with van der Waals surface area (Å²) in [6, 6.07) is 0. The van der Waals surface area contributed by atoms with E-state index in [0.29, 0.717) is 6.61 Å². The first-order valence-electron chi connectivity index (χ1n) is 2.98. The Morgan fingerprint density at radius 2 is 2.44 bits per heavy atom. The topological polar surface area (TPSA) is 46.5 Å². The first-order valence-corrected chi connectivity index (χ1v) is 2.98. The highest BCUT2D eigenvalue weighted by Gasteiger charge is 2.35. The van der Waals surface area contributed by atoms with Crippen molar-refractivity contribution in [2.45, 2.75) is 25.4 Å². The molecule has 3 heteroatoms. The normalized spacial score (nSPS) is 33.4. The molecule has 1 unspecified atom stereocenters. The first kappa shape index (κ1) is 6.55. The number of hydrogen-bond donors (Lipinski definition) is 1. The van der Waals surface area contributed by atoms with Gasteiger partial charge < -0.3 is 9.84 Å². The van der Waals surface area contributed by atoms with Gasteiger partial charge in [0.2, 0.25) is 0 Å². The quantitative estimate of drug-likeness (QED) is 0.596. The fourth-order valence-electron chi connectivity index (χ4n) is 0.910. The van der Waals surface area contributed by atoms with E-state index in [2.05, 4.69) is 0 Å². The van der Waals surface area contributed by atoms with Crippen LogP contribution in [-0.2, 0) is 9.53 Å². The number of rotatable bonds is 2. The molecule has 0 aromatic heterocycles. The lowest BCUT2D eigenvalue weighted by Gasteiger charge is -2.37. The van der Waals surface area contributed by atoms with E-state index in [9.17, 15) is 4.79 Å². The van der Waals surface area contributed by atoms with Crippen LogP contribution in [0.25, 0.3) is 0 Å². The summed E-state index contributed by atoms with van der Waals surface area (Å²) < 4.78 is 5.05. The molecule has 0 aromatic carbocycles. The van der Waals surface area contributed by atoms with Gasteiger partial charge in [-0.15, -0.1) is 0 Å². The zero-order valence-electron chi connectivity index (χ0n) is 5.39. The van der Waals surface area contributed by atoms with Gasteiger partial charge in [-0.05, 0) is 6.92 Å². The van der Waals surface area contributed by atoms with E-state index in [4.69, 9.17) is 9.84 Å². The third-order valence-corrected chi connectivity index (χ3v) is 1.61. The molecule has 1 heterocycles. The molecule has 1 saturated heterocycles. The SMILES string of the molecule is CC1(CC(=O)O)CCO1. The molecule has 52 valence electrons. The van der Waals surface area contributed by atoms with E-state index in [1.54, 1.807) is 0 Å². The number of carbonyl (C=O) groups is 1. The summed E-state index contributed by atoms with van der Waals surface area (Å²) in [7, 11) is 0. The summed E-state index contributed by atoms with van der Waals surface area (Å²) in [5.74, 6) is -0.780. The minimum absolute atomic E-state index is 0.132. The number of aliphatic carboxylic acids is 1. The van der Waals surface area contributed by atoms with Gasteiger partial charge in [0.15, 0.2) is 0 Å². The van der Waals surface area contributed by atoms with Crippen molar-refractivity contribution in [2.24, 2.45) is 0 Å². The average Bonchev–Trinajstić information content (AvgIpc) is 1.60. The van der Waals surface area contributed by atoms with Crippen molar-refractivity contribution in [3.63, 3.8) is 0 Å². The van der Waals surface area contributed by atoms with Gasteiger partial charge in [-0.3, -0.25) is 4.79 Å². The first-order chi connectivity index (χ1) is 4.12. The Bertz CT molecular complexity index is 126. The van der Waals surface area contributed by atoms with Crippen molar-refractivity contribution in [1.29, 1.82) is 0 Å². The number of hydrogen-bond acceptors (Lipinski definition) is 2. The minimum atomic E-state index is -0.780. The molecule has 0 spiro atoms. The minimum Gasteiger partial charge on any atom is -0.481 e. The van der Waals surface area contributed by atoms with E-state index in [1.165, 1.54) is 0 Å². The molecule has 0 bridgehead atoms. The third kappa shape index (κ3) is 1.42. The second kappa shape index (κ2) is 1.99. The van der Waals surface area contributed by atoms with Crippen LogP contribution in [-0.4, -0.2) is 23.3 Å². The third-order valence-electron chi connectivity index (χ3n) is 1.61. The van der Waals surface area contributed by atoms with Crippen LogP contribution in [0.3, 0.4) is 0 Å². The summed E-state index contributed by atoms with van der Waals surface area (Å²) in [5.41, 5.74) is -0.355. The predicted octanol–water partition coefficient (Wildman–Crippen LogP) is 0.640. The summed E-state index contributed by atoms with van der Waals surface area (Å²) in [4.78, 5) is 10.1. The average molecular weight is 130 g/mol. The second-order valence-corrected chi connectivity index (χ2v) is 2.62. The van der Waals surface area contributed by atoms with Gasteiger partial charge in [0, 0.05) is 6.42 Å². The molecule has 1 atom stereocenters. The lowest BCUT2D eigenvalue weighted by Crippen LogP contribution is -2.42. The van der Waals surface area contributed by atoms with E-state index < -0.39 is 5.97 Å². The van der Waals surface area contributed by atoms with Crippen molar-refractivity contribution in [2.75, 3.05) is 6.61 Å². The van der Waals surface area contributed by atoms with Crippen LogP contribution in [0.2, 0.25) is 0 Å². The summed E-state index contributed by atoms with van der Waals surface area (Å²) in [6.45, 7) is 2.54. The van der Waals surface area contributed by atoms with Crippen LogP contribution < -0.4 is 0 Å². The van der Waals surface area contributed by atoms with Crippen molar-refractivity contribution >= 4 is 5.97 Å². The van der Waals surface area contributed by atoms with Crippen LogP contribution >= 0.6 is 0 Å². The molecule has 1 rings (SSSR count). The fourth-order valence-corrected chi connectivity index (χ4v) is 0.910. The maximum absolute atomic E-state index is 10.1. The standard InChI is InChI=1S/C6H10O3/c1-6(2-3-9-6)4-5(7)8/h2-4H2,1H3,(H,7,8). The molecule has 3 nitrogen and oxygen atoms in total. The van der Waals surface area contributed by atoms with Crippen molar-refractivity contribution < 1.29 is 14.6 Å². The maximum Gasteiger partial charge on any atom is 0.306 e. The van der Waals surface area contributed by atoms with Gasteiger partial charge in [0.05, 0.1) is 18.6 Å². The van der Waals surface area contributed by atoms with E-state index >= 15 is 0 Å². The Morgan fingerprint density at radius 3 is 2.56 bits per heavy atom. The molecule has 1 fully saturated rings. The van der Waals surface area contributed by atoms with Gasteiger partial charge in [-0.2, -0.15) is 0 Å². The highest BCUT2D eigenvalue weighted by atomic mass is 16.5. The van der Waals surface area contributed by atoms with Crippen molar-refractivity contribution in [1.82, 2.24) is 0 Å². The molecular formula is C6H10O3. The Hall–Kier alpha value is -0.570. The Kier molecular flexibility index (Phi) is 1.45. The van der Waals surface area contributed by atoms with E-state index in [0.717, 1.165) is 6.42 Å². The van der Waals surface area contributed by atoms with Gasteiger partial charge in [-0.1, -0.05) is 0 Å². The van der Waals surface area contributed by atoms with Crippen LogP contribution in [0.5, 0.6) is 0 Å². The highest BCUT2D eigenvalue weighted by Crippen LogP contribution is 2.28. The predicted molar refractivity (Wildman–Crippen MR) is 31.2 cm³/mol. The van der Waals surface area contributed by atoms with Crippen LogP contribution in [0.15, 0.2) is 0 Å². The monoisotopic (exact) mass is 130 g/mol. The van der Waals surface area contributed by atoms with Crippen molar-refractivity contribution in [3.05, 3.63) is 0 Å². The molecule has 0 aromatic rings. The molecular weight excluding hydrogens is 120 g/mol. The number of carboxylic acids is 1. The number of ether oxygens (including phenoxy) is 1. The second-order valence-electron chi connectivity index (χ2n) is 2.62. The van der Waals surface area contributed by atoms with Gasteiger partial charge in [0.1, 0.15) is 0 Å². The molecule has 0 saturated carbocycles. The zero-order chi connectivity index (χ0) is 6.91. The molecule has 0 radical (unpaired) electrons. The van der Waals surface area contributed by atoms with Crippen LogP contribution in [0.4, 0.5) is 0 Å². The largest absolute Gasteiger partial charge is 0.481 e. The summed E-state index contributed by atoms with van der Waals surface area (Å²) in [5, 5.41) is 8.33. The molecule has 1 aliphatic heterocycles. The highest BCUT2D eigenvalue weighted by molar-refractivity contribution is 5.68. The van der Waals surface area contributed by atoms with E-state index in [1.807, 2.05) is 6.92 Å².